The van der Waals surface area contributed by atoms with E-state index in [2.05, 4.69) is 81.3 Å². The molecule has 0 fully saturated rings. The topological polar surface area (TPSA) is 236 Å². The van der Waals surface area contributed by atoms with Gasteiger partial charge in [0.1, 0.15) is 52.6 Å². The molecule has 0 bridgehead atoms. The van der Waals surface area contributed by atoms with Crippen LogP contribution in [0.25, 0.3) is 44.2 Å². The number of aliphatic hydroxyl groups is 1. The van der Waals surface area contributed by atoms with Gasteiger partial charge >= 0.3 is 64.9 Å². The third-order valence-corrected chi connectivity index (χ3v) is 8.76. The van der Waals surface area contributed by atoms with Crippen LogP contribution in [0.15, 0.2) is 91.6 Å². The van der Waals surface area contributed by atoms with Crippen LogP contribution in [0, 0.1) is 0 Å². The molecule has 0 spiro atoms. The van der Waals surface area contributed by atoms with E-state index < -0.39 is 31.6 Å². The average Bonchev–Trinajstić information content (AvgIpc) is 3.25. The van der Waals surface area contributed by atoms with Gasteiger partial charge in [-0.05, 0) is 77.7 Å². The molecular weight excluding hydrogens is 1590 g/mol. The summed E-state index contributed by atoms with van der Waals surface area (Å²) in [6.45, 7) is 3.35. The van der Waals surface area contributed by atoms with E-state index >= 15 is 0 Å². The number of alkyl halides is 1. The molecule has 6 N–H and O–H groups in total. The summed E-state index contributed by atoms with van der Waals surface area (Å²) in [4.78, 5) is 31.2. The molecule has 0 radical (unpaired) electrons. The van der Waals surface area contributed by atoms with Crippen molar-refractivity contribution in [1.29, 1.82) is 0 Å². The number of hydrogen-bond acceptors (Lipinski definition) is 17. The third kappa shape index (κ3) is 29.0. The number of ether oxygens (including phenoxy) is 3. The van der Waals surface area contributed by atoms with Crippen LogP contribution in [-0.4, -0.2) is 145 Å². The van der Waals surface area contributed by atoms with Gasteiger partial charge in [0.2, 0.25) is 31.6 Å². The molecule has 6 rings (SSSR count). The number of fused-ring (bicyclic) bond motifs is 2. The molecule has 0 aliphatic carbocycles. The normalized spacial score (nSPS) is 9.84. The zero-order valence-electron chi connectivity index (χ0n) is 39.8. The van der Waals surface area contributed by atoms with Gasteiger partial charge < -0.3 is 68.4 Å². The number of rotatable bonds is 12. The third-order valence-electron chi connectivity index (χ3n) is 8.59. The number of benzene rings is 4. The summed E-state index contributed by atoms with van der Waals surface area (Å²) in [6.07, 6.45) is 2.54. The van der Waals surface area contributed by atoms with E-state index in [1.54, 1.807) is 36.4 Å². The van der Waals surface area contributed by atoms with Gasteiger partial charge in [-0.1, -0.05) is 39.1 Å². The molecule has 6 aromatic rings. The number of phenols is 5. The average molecular weight is 1650 g/mol. The van der Waals surface area contributed by atoms with Crippen LogP contribution in [0.5, 0.6) is 46.0 Å². The van der Waals surface area contributed by atoms with Crippen LogP contribution in [0.2, 0.25) is 0 Å². The van der Waals surface area contributed by atoms with Crippen LogP contribution < -0.4 is 25.1 Å². The van der Waals surface area contributed by atoms with Gasteiger partial charge in [0.15, 0.2) is 23.0 Å². The molecule has 4 aromatic carbocycles. The Kier molecular flexibility index (Phi) is 47.9. The van der Waals surface area contributed by atoms with Gasteiger partial charge in [-0.25, -0.2) is 4.21 Å². The second-order valence-corrected chi connectivity index (χ2v) is 52.6. The van der Waals surface area contributed by atoms with Crippen molar-refractivity contribution in [3.8, 4) is 68.2 Å². The number of phenolic OH excluding ortho intramolecular Hbond substituents is 5. The first-order valence-corrected chi connectivity index (χ1v) is 36.6. The molecular formula is C46H65Cl5I4N3O14SV. The van der Waals surface area contributed by atoms with E-state index in [1.165, 1.54) is 51.0 Å². The van der Waals surface area contributed by atoms with Crippen LogP contribution in [0.1, 0.15) is 14.9 Å². The maximum atomic E-state index is 12.9. The second-order valence-electron chi connectivity index (χ2n) is 14.4. The number of likely N-dealkylation sites (N-methyl/N-ethyl adjacent to an activating group) is 2. The van der Waals surface area contributed by atoms with Gasteiger partial charge in [-0.2, -0.15) is 0 Å². The Morgan fingerprint density at radius 2 is 0.986 bits per heavy atom. The summed E-state index contributed by atoms with van der Waals surface area (Å²) in [7, 11) is 21.7. The standard InChI is InChI=1S/C20H21NO6.C16H12O6.C4H10ClN.C4H11NO.2CH4.Cl2OS.2ClH.4HI.V/c1-21(2)8-9-26-13-6-4-12(5-7-13)14-11-27-16-10-15(22)20(25-3)19(24)17(16)18(14)23;1-21-16-11(18)6-12-13(15(16)20)14(19)10(7-22-12)8-2-4-9(17)5-3-8;1-6(2)4-3-5;1-5(2)3-4-6;;;1-4(2)3;;;;;;;/h4-7,10-11,22,24H,8-9H2,1-3H3;2-7,17-18,20H,1H3;3-4H2,1-2H3;6H,3-4H2,1-2H3;2*1H4;;6*1H;/q;;;;;;;;;;;;;+3/p-3. The molecule has 0 unspecified atom stereocenters. The quantitative estimate of drug-likeness (QED) is 0.0379. The molecule has 422 valence electrons. The first kappa shape index (κ1) is 81.5. The van der Waals surface area contributed by atoms with Crippen molar-refractivity contribution in [2.45, 2.75) is 14.9 Å². The zero-order valence-corrected chi connectivity index (χ0v) is 54.7. The Balaban J connectivity index is -0.000000302. The number of aliphatic hydroxyl groups excluding tert-OH is 1. The van der Waals surface area contributed by atoms with Crippen LogP contribution in [-0.2, 0) is 14.1 Å². The molecule has 28 heteroatoms. The first-order chi connectivity index (χ1) is 32.4. The molecule has 2 heterocycles. The minimum absolute atomic E-state index is 0. The number of hydrogen-bond donors (Lipinski definition) is 6. The summed E-state index contributed by atoms with van der Waals surface area (Å²) >= 11 is 12.7. The monoisotopic (exact) mass is 1650 g/mol. The van der Waals surface area contributed by atoms with Crippen LogP contribution >= 0.6 is 142 Å². The molecule has 0 aliphatic heterocycles. The van der Waals surface area contributed by atoms with Crippen molar-refractivity contribution in [1.82, 2.24) is 14.7 Å². The van der Waals surface area contributed by atoms with E-state index in [-0.39, 0.29) is 137 Å². The molecule has 2 aromatic heterocycles. The summed E-state index contributed by atoms with van der Waals surface area (Å²) in [5, 5.41) is 57.4. The SMILES string of the molecule is C.C.CN(C)CCCl.CN(C)CCO.COc1c(O)cc2occ(-c3ccc(O)cc3)c(=O)c2c1O.COc1c(O)cc2occ(-c3ccc(OCCN(C)C)cc3)c(=O)c2c1O.Cl.Cl.I.O=S(Cl)Cl.[I][V]([I])[I]. The minimum atomic E-state index is -1.67. The fourth-order valence-corrected chi connectivity index (χ4v) is 5.70. The van der Waals surface area contributed by atoms with Crippen molar-refractivity contribution in [3.63, 3.8) is 0 Å². The van der Waals surface area contributed by atoms with Crippen molar-refractivity contribution in [3.05, 3.63) is 93.6 Å². The van der Waals surface area contributed by atoms with Crippen molar-refractivity contribution >= 4 is 173 Å². The van der Waals surface area contributed by atoms with Crippen LogP contribution in [0.4, 0.5) is 0 Å². The van der Waals surface area contributed by atoms with Crippen molar-refractivity contribution < 1.29 is 62.8 Å². The Labute approximate surface area is 516 Å². The summed E-state index contributed by atoms with van der Waals surface area (Å²) in [6, 6.07) is 15.5. The van der Waals surface area contributed by atoms with E-state index in [0.29, 0.717) is 23.5 Å². The Bertz CT molecular complexity index is 2630. The molecule has 17 nitrogen and oxygen atoms in total. The number of methoxy groups -OCH3 is 2. The fourth-order valence-electron chi connectivity index (χ4n) is 5.36. The Hall–Kier alpha value is -1.36. The van der Waals surface area contributed by atoms with Gasteiger partial charge in [0.25, 0.3) is 0 Å². The van der Waals surface area contributed by atoms with Crippen molar-refractivity contribution in [2.24, 2.45) is 0 Å². The predicted octanol–water partition coefficient (Wildman–Crippen LogP) is 12.2. The fraction of sp³-hybridized carbons (Fsp3) is 0.348. The zero-order chi connectivity index (χ0) is 52.5. The number of halogens is 9. The van der Waals surface area contributed by atoms with E-state index in [4.69, 9.17) is 44.0 Å². The molecule has 74 heavy (non-hydrogen) atoms. The van der Waals surface area contributed by atoms with Crippen molar-refractivity contribution in [2.75, 3.05) is 95.2 Å². The molecule has 0 saturated carbocycles. The summed E-state index contributed by atoms with van der Waals surface area (Å²) < 4.78 is 35.3. The summed E-state index contributed by atoms with van der Waals surface area (Å²) in [5.41, 5.74) is 0.875. The number of aromatic hydroxyl groups is 5. The first-order valence-electron chi connectivity index (χ1n) is 19.7. The van der Waals surface area contributed by atoms with Gasteiger partial charge in [-0.3, -0.25) is 9.59 Å². The van der Waals surface area contributed by atoms with E-state index in [9.17, 15) is 35.1 Å². The van der Waals surface area contributed by atoms with Gasteiger partial charge in [0.05, 0.1) is 32.0 Å². The number of nitrogens with zero attached hydrogens (tertiary/aromatic N) is 3. The van der Waals surface area contributed by atoms with E-state index in [1.807, 2.05) is 57.0 Å². The Morgan fingerprint density at radius 1 is 0.649 bits per heavy atom. The Morgan fingerprint density at radius 3 is 1.26 bits per heavy atom. The van der Waals surface area contributed by atoms with Crippen LogP contribution in [0.3, 0.4) is 0 Å². The predicted molar refractivity (Wildman–Crippen MR) is 342 cm³/mol. The van der Waals surface area contributed by atoms with E-state index in [0.717, 1.165) is 25.5 Å². The molecule has 0 amide bonds. The molecule has 0 aliphatic rings. The second kappa shape index (κ2) is 43.5. The summed E-state index contributed by atoms with van der Waals surface area (Å²) in [5.74, 6) is -0.431. The van der Waals surface area contributed by atoms with Gasteiger partial charge in [-0.15, -0.1) is 60.4 Å². The maximum absolute atomic E-state index is 12.9. The molecule has 0 saturated heterocycles. The molecule has 0 atom stereocenters. The van der Waals surface area contributed by atoms with Gasteiger partial charge in [0, 0.05) is 59.0 Å².